The molecular formula is C9H8O4. The van der Waals surface area contributed by atoms with Crippen LogP contribution in [-0.2, 0) is 0 Å². The zero-order chi connectivity index (χ0) is 9.42. The van der Waals surface area contributed by atoms with Gasteiger partial charge in [-0.1, -0.05) is 0 Å². The summed E-state index contributed by atoms with van der Waals surface area (Å²) >= 11 is 0. The largest absolute Gasteiger partial charge is 0.504 e. The minimum Gasteiger partial charge on any atom is -0.504 e. The molecule has 0 saturated heterocycles. The highest BCUT2D eigenvalue weighted by atomic mass is 16.5. The van der Waals surface area contributed by atoms with Gasteiger partial charge in [-0.25, -0.2) is 0 Å². The van der Waals surface area contributed by atoms with E-state index in [0.29, 0.717) is 17.9 Å². The number of hydrogen-bond acceptors (Lipinski definition) is 4. The Morgan fingerprint density at radius 2 is 1.92 bits per heavy atom. The molecule has 2 rings (SSSR count). The molecule has 0 radical (unpaired) electrons. The number of ether oxygens (including phenoxy) is 1. The van der Waals surface area contributed by atoms with Crippen molar-refractivity contribution in [2.45, 2.75) is 0 Å². The summed E-state index contributed by atoms with van der Waals surface area (Å²) in [6.45, 7) is 0.399. The number of rotatable bonds is 0. The molecule has 1 heterocycles. The molecule has 13 heavy (non-hydrogen) atoms. The van der Waals surface area contributed by atoms with Gasteiger partial charge in [0.2, 0.25) is 5.75 Å². The first-order valence-electron chi connectivity index (χ1n) is 3.77. The van der Waals surface area contributed by atoms with Crippen molar-refractivity contribution in [3.8, 4) is 23.0 Å². The highest BCUT2D eigenvalue weighted by molar-refractivity contribution is 5.72. The van der Waals surface area contributed by atoms with Crippen molar-refractivity contribution in [1.29, 1.82) is 0 Å². The van der Waals surface area contributed by atoms with Gasteiger partial charge in [0.15, 0.2) is 11.5 Å². The van der Waals surface area contributed by atoms with Crippen LogP contribution in [0.25, 0.3) is 6.08 Å². The fourth-order valence-corrected chi connectivity index (χ4v) is 1.22. The van der Waals surface area contributed by atoms with E-state index >= 15 is 0 Å². The molecule has 3 N–H and O–H groups in total. The van der Waals surface area contributed by atoms with E-state index in [-0.39, 0.29) is 11.5 Å². The molecule has 0 bridgehead atoms. The van der Waals surface area contributed by atoms with Gasteiger partial charge in [0.1, 0.15) is 12.4 Å². The van der Waals surface area contributed by atoms with Crippen LogP contribution < -0.4 is 4.74 Å². The van der Waals surface area contributed by atoms with E-state index in [1.807, 2.05) is 0 Å². The third kappa shape index (κ3) is 1.07. The summed E-state index contributed by atoms with van der Waals surface area (Å²) in [7, 11) is 0. The molecule has 4 nitrogen and oxygen atoms in total. The van der Waals surface area contributed by atoms with Gasteiger partial charge in [0.05, 0.1) is 5.56 Å². The SMILES string of the molecule is Oc1cc2c(c(O)c1O)C=CCO2. The van der Waals surface area contributed by atoms with Crippen LogP contribution in [-0.4, -0.2) is 21.9 Å². The van der Waals surface area contributed by atoms with Gasteiger partial charge in [-0.3, -0.25) is 0 Å². The first-order valence-corrected chi connectivity index (χ1v) is 3.77. The summed E-state index contributed by atoms with van der Waals surface area (Å²) in [5, 5.41) is 27.7. The summed E-state index contributed by atoms with van der Waals surface area (Å²) in [4.78, 5) is 0. The second kappa shape index (κ2) is 2.58. The monoisotopic (exact) mass is 180 g/mol. The van der Waals surface area contributed by atoms with E-state index < -0.39 is 5.75 Å². The van der Waals surface area contributed by atoms with Crippen LogP contribution in [0.15, 0.2) is 12.1 Å². The minimum absolute atomic E-state index is 0.356. The molecule has 0 spiro atoms. The van der Waals surface area contributed by atoms with Gasteiger partial charge in [0, 0.05) is 6.07 Å². The molecule has 0 saturated carbocycles. The van der Waals surface area contributed by atoms with E-state index in [2.05, 4.69) is 0 Å². The Labute approximate surface area is 74.3 Å². The predicted octanol–water partition coefficient (Wildman–Crippen LogP) is 1.21. The highest BCUT2D eigenvalue weighted by Gasteiger charge is 2.17. The maximum Gasteiger partial charge on any atom is 0.201 e. The lowest BCUT2D eigenvalue weighted by Crippen LogP contribution is -2.00. The maximum atomic E-state index is 9.38. The standard InChI is InChI=1S/C9H8O4/c10-6-4-7-5(2-1-3-13-7)8(11)9(6)12/h1-2,4,10-12H,3H2. The molecule has 1 aliphatic rings. The number of phenols is 3. The van der Waals surface area contributed by atoms with Gasteiger partial charge < -0.3 is 20.1 Å². The highest BCUT2D eigenvalue weighted by Crippen LogP contribution is 2.44. The van der Waals surface area contributed by atoms with E-state index in [0.717, 1.165) is 0 Å². The molecule has 4 heteroatoms. The van der Waals surface area contributed by atoms with Crippen LogP contribution in [0, 0.1) is 0 Å². The van der Waals surface area contributed by atoms with Crippen molar-refractivity contribution >= 4 is 6.08 Å². The molecule has 0 aliphatic carbocycles. The first kappa shape index (κ1) is 7.79. The lowest BCUT2D eigenvalue weighted by Gasteiger charge is -2.14. The van der Waals surface area contributed by atoms with Crippen molar-refractivity contribution < 1.29 is 20.1 Å². The fraction of sp³-hybridized carbons (Fsp3) is 0.111. The summed E-state index contributed by atoms with van der Waals surface area (Å²) in [6, 6.07) is 1.27. The zero-order valence-electron chi connectivity index (χ0n) is 6.69. The third-order valence-electron chi connectivity index (χ3n) is 1.87. The molecular weight excluding hydrogens is 172 g/mol. The van der Waals surface area contributed by atoms with Crippen molar-refractivity contribution in [3.63, 3.8) is 0 Å². The van der Waals surface area contributed by atoms with Crippen LogP contribution in [0.1, 0.15) is 5.56 Å². The number of hydrogen-bond donors (Lipinski definition) is 3. The van der Waals surface area contributed by atoms with Crippen molar-refractivity contribution in [2.24, 2.45) is 0 Å². The molecule has 0 fully saturated rings. The summed E-state index contributed by atoms with van der Waals surface area (Å²) in [5.74, 6) is -0.887. The summed E-state index contributed by atoms with van der Waals surface area (Å²) in [5.41, 5.74) is 0.390. The van der Waals surface area contributed by atoms with E-state index in [4.69, 9.17) is 9.84 Å². The lowest BCUT2D eigenvalue weighted by atomic mass is 10.1. The minimum atomic E-state index is -0.520. The Hall–Kier alpha value is -1.84. The smallest absolute Gasteiger partial charge is 0.201 e. The second-order valence-corrected chi connectivity index (χ2v) is 2.72. The quantitative estimate of drug-likeness (QED) is 0.525. The van der Waals surface area contributed by atoms with Crippen LogP contribution in [0.3, 0.4) is 0 Å². The Morgan fingerprint density at radius 1 is 1.15 bits per heavy atom. The molecule has 1 aliphatic heterocycles. The van der Waals surface area contributed by atoms with Gasteiger partial charge >= 0.3 is 0 Å². The summed E-state index contributed by atoms with van der Waals surface area (Å²) in [6.07, 6.45) is 3.34. The number of aromatic hydroxyl groups is 3. The third-order valence-corrected chi connectivity index (χ3v) is 1.87. The lowest BCUT2D eigenvalue weighted by molar-refractivity contribution is 0.335. The zero-order valence-corrected chi connectivity index (χ0v) is 6.69. The molecule has 68 valence electrons. The van der Waals surface area contributed by atoms with Crippen LogP contribution in [0.4, 0.5) is 0 Å². The molecule has 0 unspecified atom stereocenters. The second-order valence-electron chi connectivity index (χ2n) is 2.72. The van der Waals surface area contributed by atoms with Crippen molar-refractivity contribution in [2.75, 3.05) is 6.61 Å². The fourth-order valence-electron chi connectivity index (χ4n) is 1.22. The van der Waals surface area contributed by atoms with Gasteiger partial charge in [0.25, 0.3) is 0 Å². The van der Waals surface area contributed by atoms with E-state index in [1.165, 1.54) is 6.07 Å². The molecule has 0 atom stereocenters. The normalized spacial score (nSPS) is 13.5. The van der Waals surface area contributed by atoms with Crippen LogP contribution in [0.5, 0.6) is 23.0 Å². The Balaban J connectivity index is 2.69. The number of benzene rings is 1. The Bertz CT molecular complexity index is 382. The van der Waals surface area contributed by atoms with Crippen molar-refractivity contribution in [3.05, 3.63) is 17.7 Å². The van der Waals surface area contributed by atoms with E-state index in [1.54, 1.807) is 12.2 Å². The summed E-state index contributed by atoms with van der Waals surface area (Å²) < 4.78 is 5.12. The first-order chi connectivity index (χ1) is 6.20. The molecule has 1 aromatic rings. The average molecular weight is 180 g/mol. The predicted molar refractivity (Wildman–Crippen MR) is 46.0 cm³/mol. The molecule has 0 amide bonds. The molecule has 0 aromatic heterocycles. The van der Waals surface area contributed by atoms with Crippen LogP contribution in [0.2, 0.25) is 0 Å². The van der Waals surface area contributed by atoms with Crippen molar-refractivity contribution in [1.82, 2.24) is 0 Å². The van der Waals surface area contributed by atoms with Gasteiger partial charge in [-0.05, 0) is 12.2 Å². The number of fused-ring (bicyclic) bond motifs is 1. The van der Waals surface area contributed by atoms with Crippen LogP contribution >= 0.6 is 0 Å². The maximum absolute atomic E-state index is 9.38. The molecule has 1 aromatic carbocycles. The van der Waals surface area contributed by atoms with Gasteiger partial charge in [-0.2, -0.15) is 0 Å². The van der Waals surface area contributed by atoms with E-state index in [9.17, 15) is 10.2 Å². The average Bonchev–Trinajstić information content (AvgIpc) is 2.15. The van der Waals surface area contributed by atoms with Gasteiger partial charge in [-0.15, -0.1) is 0 Å². The Morgan fingerprint density at radius 3 is 2.69 bits per heavy atom. The Kier molecular flexibility index (Phi) is 1.55. The topological polar surface area (TPSA) is 69.9 Å². The number of phenolic OH excluding ortho intramolecular Hbond substituents is 3.